The van der Waals surface area contributed by atoms with E-state index in [0.29, 0.717) is 6.04 Å². The zero-order chi connectivity index (χ0) is 13.8. The number of fused-ring (bicyclic) bond motifs is 1. The van der Waals surface area contributed by atoms with Crippen LogP contribution in [0.5, 0.6) is 0 Å². The van der Waals surface area contributed by atoms with E-state index in [-0.39, 0.29) is 0 Å². The summed E-state index contributed by atoms with van der Waals surface area (Å²) in [5.41, 5.74) is 1.59. The average molecular weight is 313 g/mol. The molecule has 0 radical (unpaired) electrons. The molecule has 3 rings (SSSR count). The highest BCUT2D eigenvalue weighted by Crippen LogP contribution is 2.31. The van der Waals surface area contributed by atoms with Gasteiger partial charge in [-0.15, -0.1) is 11.3 Å². The van der Waals surface area contributed by atoms with E-state index >= 15 is 0 Å². The van der Waals surface area contributed by atoms with Gasteiger partial charge in [0.2, 0.25) is 0 Å². The van der Waals surface area contributed by atoms with Crippen LogP contribution in [-0.4, -0.2) is 49.5 Å². The molecule has 1 aromatic heterocycles. The lowest BCUT2D eigenvalue weighted by Crippen LogP contribution is -2.44. The molecule has 1 fully saturated rings. The van der Waals surface area contributed by atoms with E-state index in [2.05, 4.69) is 35.0 Å². The van der Waals surface area contributed by atoms with Crippen molar-refractivity contribution in [3.63, 3.8) is 0 Å². The highest BCUT2D eigenvalue weighted by Gasteiger charge is 2.15. The lowest BCUT2D eigenvalue weighted by molar-refractivity contribution is 0.0343. The summed E-state index contributed by atoms with van der Waals surface area (Å²) in [6.07, 6.45) is 1.27. The lowest BCUT2D eigenvalue weighted by Gasteiger charge is -2.29. The third-order valence-corrected chi connectivity index (χ3v) is 6.18. The molecular weight excluding hydrogens is 288 g/mol. The van der Waals surface area contributed by atoms with Gasteiger partial charge in [0.25, 0.3) is 0 Å². The fraction of sp³-hybridized carbons (Fsp3) is 0.733. The maximum Gasteiger partial charge on any atom is 0.0594 e. The topological polar surface area (TPSA) is 24.5 Å². The largest absolute Gasteiger partial charge is 0.379 e. The number of morpholine rings is 1. The lowest BCUT2D eigenvalue weighted by atomic mass is 10.2. The van der Waals surface area contributed by atoms with Crippen LogP contribution in [0.25, 0.3) is 0 Å². The van der Waals surface area contributed by atoms with Gasteiger partial charge < -0.3 is 10.1 Å². The van der Waals surface area contributed by atoms with Crippen LogP contribution >= 0.6 is 23.1 Å². The van der Waals surface area contributed by atoms with Crippen molar-refractivity contribution in [2.24, 2.45) is 0 Å². The molecule has 0 aromatic carbocycles. The molecule has 20 heavy (non-hydrogen) atoms. The monoisotopic (exact) mass is 312 g/mol. The zero-order valence-corrected chi connectivity index (χ0v) is 13.8. The van der Waals surface area contributed by atoms with Gasteiger partial charge >= 0.3 is 0 Å². The van der Waals surface area contributed by atoms with Gasteiger partial charge in [0.1, 0.15) is 0 Å². The van der Waals surface area contributed by atoms with Crippen molar-refractivity contribution in [3.05, 3.63) is 21.4 Å². The number of hydrogen-bond donors (Lipinski definition) is 1. The second-order valence-electron chi connectivity index (χ2n) is 5.66. The van der Waals surface area contributed by atoms with Crippen molar-refractivity contribution in [3.8, 4) is 0 Å². The van der Waals surface area contributed by atoms with Crippen molar-refractivity contribution in [2.75, 3.05) is 38.6 Å². The number of aryl methyl sites for hydroxylation is 1. The normalized spacial score (nSPS) is 21.6. The van der Waals surface area contributed by atoms with E-state index in [1.165, 1.54) is 22.8 Å². The number of nitrogens with one attached hydrogen (secondary N) is 1. The van der Waals surface area contributed by atoms with Crippen LogP contribution in [0, 0.1) is 0 Å². The number of thiophene rings is 1. The summed E-state index contributed by atoms with van der Waals surface area (Å²) in [6.45, 7) is 8.38. The Hall–Kier alpha value is -0.0700. The predicted molar refractivity (Wildman–Crippen MR) is 87.7 cm³/mol. The van der Waals surface area contributed by atoms with Crippen molar-refractivity contribution >= 4 is 23.1 Å². The van der Waals surface area contributed by atoms with Gasteiger partial charge in [-0.25, -0.2) is 0 Å². The standard InChI is InChI=1S/C15H24N2OS2/c1-12(10-17-3-5-18-6-4-17)16-9-14-8-13-11-19-7-2-15(13)20-14/h8,12,16H,2-7,9-11H2,1H3. The minimum Gasteiger partial charge on any atom is -0.379 e. The molecular formula is C15H24N2OS2. The van der Waals surface area contributed by atoms with Crippen LogP contribution in [0.3, 0.4) is 0 Å². The molecule has 2 aliphatic heterocycles. The Bertz CT molecular complexity index is 406. The minimum absolute atomic E-state index is 0.543. The number of thioether (sulfide) groups is 1. The first kappa shape index (κ1) is 14.9. The molecule has 3 nitrogen and oxygen atoms in total. The Morgan fingerprint density at radius 2 is 2.25 bits per heavy atom. The molecule has 0 aliphatic carbocycles. The molecule has 1 atom stereocenters. The Labute approximate surface area is 130 Å². The fourth-order valence-electron chi connectivity index (χ4n) is 2.81. The van der Waals surface area contributed by atoms with Gasteiger partial charge in [0.05, 0.1) is 13.2 Å². The smallest absolute Gasteiger partial charge is 0.0594 e. The maximum atomic E-state index is 5.39. The molecule has 0 saturated carbocycles. The Balaban J connectivity index is 1.45. The molecule has 1 unspecified atom stereocenters. The molecule has 0 spiro atoms. The van der Waals surface area contributed by atoms with Crippen LogP contribution < -0.4 is 5.32 Å². The van der Waals surface area contributed by atoms with Gasteiger partial charge in [-0.3, -0.25) is 4.90 Å². The minimum atomic E-state index is 0.543. The van der Waals surface area contributed by atoms with Crippen LogP contribution in [-0.2, 0) is 23.5 Å². The molecule has 1 saturated heterocycles. The van der Waals surface area contributed by atoms with Crippen molar-refractivity contribution in [2.45, 2.75) is 31.7 Å². The van der Waals surface area contributed by atoms with Gasteiger partial charge in [-0.05, 0) is 30.7 Å². The highest BCUT2D eigenvalue weighted by atomic mass is 32.2. The van der Waals surface area contributed by atoms with Gasteiger partial charge in [0.15, 0.2) is 0 Å². The summed E-state index contributed by atoms with van der Waals surface area (Å²) >= 11 is 4.08. The first-order valence-corrected chi connectivity index (χ1v) is 9.50. The summed E-state index contributed by atoms with van der Waals surface area (Å²) in [7, 11) is 0. The maximum absolute atomic E-state index is 5.39. The third kappa shape index (κ3) is 3.98. The Morgan fingerprint density at radius 1 is 1.40 bits per heavy atom. The highest BCUT2D eigenvalue weighted by molar-refractivity contribution is 7.98. The van der Waals surface area contributed by atoms with Crippen molar-refractivity contribution in [1.82, 2.24) is 10.2 Å². The van der Waals surface area contributed by atoms with Crippen LogP contribution in [0.2, 0.25) is 0 Å². The molecule has 2 aliphatic rings. The molecule has 0 bridgehead atoms. The van der Waals surface area contributed by atoms with Crippen LogP contribution in [0.4, 0.5) is 0 Å². The Morgan fingerprint density at radius 3 is 3.05 bits per heavy atom. The van der Waals surface area contributed by atoms with E-state index < -0.39 is 0 Å². The van der Waals surface area contributed by atoms with Gasteiger partial charge in [0, 0.05) is 47.7 Å². The van der Waals surface area contributed by atoms with E-state index in [1.54, 1.807) is 10.4 Å². The van der Waals surface area contributed by atoms with E-state index in [1.807, 2.05) is 11.3 Å². The van der Waals surface area contributed by atoms with Gasteiger partial charge in [-0.2, -0.15) is 11.8 Å². The number of ether oxygens (including phenoxy) is 1. The summed E-state index contributed by atoms with van der Waals surface area (Å²) < 4.78 is 5.39. The SMILES string of the molecule is CC(CN1CCOCC1)NCc1cc2c(s1)CCSC2. The summed E-state index contributed by atoms with van der Waals surface area (Å²) in [4.78, 5) is 5.63. The van der Waals surface area contributed by atoms with Crippen LogP contribution in [0.15, 0.2) is 6.07 Å². The molecule has 1 N–H and O–H groups in total. The molecule has 0 amide bonds. The second kappa shape index (κ2) is 7.27. The molecule has 1 aromatic rings. The average Bonchev–Trinajstić information content (AvgIpc) is 2.89. The zero-order valence-electron chi connectivity index (χ0n) is 12.2. The summed E-state index contributed by atoms with van der Waals surface area (Å²) in [5, 5.41) is 3.68. The van der Waals surface area contributed by atoms with E-state index in [4.69, 9.17) is 4.74 Å². The first-order valence-electron chi connectivity index (χ1n) is 7.53. The van der Waals surface area contributed by atoms with Crippen LogP contribution in [0.1, 0.15) is 22.2 Å². The molecule has 112 valence electrons. The van der Waals surface area contributed by atoms with E-state index in [0.717, 1.165) is 39.4 Å². The van der Waals surface area contributed by atoms with Crippen molar-refractivity contribution < 1.29 is 4.74 Å². The van der Waals surface area contributed by atoms with E-state index in [9.17, 15) is 0 Å². The number of hydrogen-bond acceptors (Lipinski definition) is 5. The molecule has 3 heterocycles. The quantitative estimate of drug-likeness (QED) is 0.902. The van der Waals surface area contributed by atoms with Gasteiger partial charge in [-0.1, -0.05) is 0 Å². The number of nitrogens with zero attached hydrogens (tertiary/aromatic N) is 1. The Kier molecular flexibility index (Phi) is 5.40. The second-order valence-corrected chi connectivity index (χ2v) is 7.99. The molecule has 5 heteroatoms. The first-order chi connectivity index (χ1) is 9.81. The predicted octanol–water partition coefficient (Wildman–Crippen LogP) is 2.35. The number of rotatable bonds is 5. The third-order valence-electron chi connectivity index (χ3n) is 3.94. The fourth-order valence-corrected chi connectivity index (χ4v) is 5.14. The summed E-state index contributed by atoms with van der Waals surface area (Å²) in [6, 6.07) is 2.96. The van der Waals surface area contributed by atoms with Crippen molar-refractivity contribution in [1.29, 1.82) is 0 Å². The summed E-state index contributed by atoms with van der Waals surface area (Å²) in [5.74, 6) is 2.52.